The molecule has 0 bridgehead atoms. The van der Waals surface area contributed by atoms with Crippen molar-refractivity contribution < 1.29 is 23.7 Å². The van der Waals surface area contributed by atoms with Crippen LogP contribution in [0, 0.1) is 5.92 Å². The molecule has 0 amide bonds. The Labute approximate surface area is 197 Å². The first kappa shape index (κ1) is 22.3. The summed E-state index contributed by atoms with van der Waals surface area (Å²) in [5.41, 5.74) is 3.81. The van der Waals surface area contributed by atoms with E-state index in [2.05, 4.69) is 10.3 Å². The molecule has 2 aromatic heterocycles. The van der Waals surface area contributed by atoms with E-state index >= 15 is 0 Å². The van der Waals surface area contributed by atoms with Crippen molar-refractivity contribution in [3.8, 4) is 28.6 Å². The quantitative estimate of drug-likeness (QED) is 0.436. The molecule has 0 radical (unpaired) electrons. The van der Waals surface area contributed by atoms with Crippen LogP contribution in [0.15, 0.2) is 17.5 Å². The molecule has 1 aliphatic carbocycles. The summed E-state index contributed by atoms with van der Waals surface area (Å²) in [7, 11) is 6.71. The Hall–Kier alpha value is -2.49. The maximum absolute atomic E-state index is 5.80. The monoisotopic (exact) mass is 473 g/mol. The number of aromatic nitrogens is 2. The van der Waals surface area contributed by atoms with Gasteiger partial charge in [0.2, 0.25) is 0 Å². The average molecular weight is 474 g/mol. The van der Waals surface area contributed by atoms with Gasteiger partial charge in [-0.15, -0.1) is 16.4 Å². The van der Waals surface area contributed by atoms with E-state index in [4.69, 9.17) is 28.8 Å². The number of rotatable bonds is 10. The molecule has 2 fully saturated rings. The SMILES string of the molecule is COCc1cc(OC)c(-c2csc3c(N(CC4CC4)C4CCOC4)c(OC)nn23)c(OC)c1. The number of anilines is 1. The highest BCUT2D eigenvalue weighted by Gasteiger charge is 2.35. The second-order valence-electron chi connectivity index (χ2n) is 8.62. The van der Waals surface area contributed by atoms with Crippen molar-refractivity contribution in [3.63, 3.8) is 0 Å². The third-order valence-corrected chi connectivity index (χ3v) is 7.34. The van der Waals surface area contributed by atoms with Gasteiger partial charge >= 0.3 is 0 Å². The van der Waals surface area contributed by atoms with E-state index in [1.807, 2.05) is 16.6 Å². The molecule has 1 unspecified atom stereocenters. The zero-order valence-corrected chi connectivity index (χ0v) is 20.4. The molecular weight excluding hydrogens is 442 g/mol. The largest absolute Gasteiger partial charge is 0.496 e. The lowest BCUT2D eigenvalue weighted by Crippen LogP contribution is -2.37. The Balaban J connectivity index is 1.64. The molecule has 3 heterocycles. The molecule has 3 aromatic rings. The summed E-state index contributed by atoms with van der Waals surface area (Å²) in [5, 5.41) is 7.00. The minimum atomic E-state index is 0.343. The minimum absolute atomic E-state index is 0.343. The molecule has 1 aromatic carbocycles. The van der Waals surface area contributed by atoms with Crippen LogP contribution in [0.5, 0.6) is 17.4 Å². The van der Waals surface area contributed by atoms with Gasteiger partial charge in [-0.05, 0) is 42.9 Å². The predicted octanol–water partition coefficient (Wildman–Crippen LogP) is 4.24. The van der Waals surface area contributed by atoms with Crippen molar-refractivity contribution in [1.82, 2.24) is 9.61 Å². The molecular formula is C24H31N3O5S. The maximum Gasteiger partial charge on any atom is 0.258 e. The lowest BCUT2D eigenvalue weighted by Gasteiger charge is -2.29. The van der Waals surface area contributed by atoms with E-state index in [-0.39, 0.29) is 0 Å². The number of benzene rings is 1. The van der Waals surface area contributed by atoms with Gasteiger partial charge < -0.3 is 28.6 Å². The summed E-state index contributed by atoms with van der Waals surface area (Å²) in [6, 6.07) is 4.32. The van der Waals surface area contributed by atoms with Crippen molar-refractivity contribution in [2.24, 2.45) is 5.92 Å². The van der Waals surface area contributed by atoms with Crippen LogP contribution >= 0.6 is 11.3 Å². The van der Waals surface area contributed by atoms with Gasteiger partial charge in [0, 0.05) is 25.6 Å². The smallest absolute Gasteiger partial charge is 0.258 e. The average Bonchev–Trinajstić information content (AvgIpc) is 3.21. The zero-order chi connectivity index (χ0) is 22.9. The number of fused-ring (bicyclic) bond motifs is 1. The lowest BCUT2D eigenvalue weighted by molar-refractivity contribution is 0.184. The summed E-state index contributed by atoms with van der Waals surface area (Å²) in [4.78, 5) is 3.53. The number of methoxy groups -OCH3 is 4. The summed E-state index contributed by atoms with van der Waals surface area (Å²) < 4.78 is 30.4. The van der Waals surface area contributed by atoms with Gasteiger partial charge in [0.1, 0.15) is 22.0 Å². The lowest BCUT2D eigenvalue weighted by atomic mass is 10.1. The van der Waals surface area contributed by atoms with Gasteiger partial charge in [0.15, 0.2) is 0 Å². The summed E-state index contributed by atoms with van der Waals surface area (Å²) >= 11 is 1.66. The van der Waals surface area contributed by atoms with Gasteiger partial charge in [-0.25, -0.2) is 4.52 Å². The Bertz CT molecular complexity index is 1090. The fraction of sp³-hybridized carbons (Fsp3) is 0.542. The highest BCUT2D eigenvalue weighted by atomic mass is 32.1. The fourth-order valence-electron chi connectivity index (χ4n) is 4.59. The first-order valence-electron chi connectivity index (χ1n) is 11.3. The Kier molecular flexibility index (Phi) is 6.36. The van der Waals surface area contributed by atoms with E-state index in [1.165, 1.54) is 12.8 Å². The van der Waals surface area contributed by atoms with Crippen molar-refractivity contribution in [1.29, 1.82) is 0 Å². The van der Waals surface area contributed by atoms with Crippen molar-refractivity contribution >= 4 is 21.9 Å². The predicted molar refractivity (Wildman–Crippen MR) is 128 cm³/mol. The molecule has 2 aliphatic rings. The minimum Gasteiger partial charge on any atom is -0.496 e. The highest BCUT2D eigenvalue weighted by Crippen LogP contribution is 2.46. The van der Waals surface area contributed by atoms with E-state index in [0.29, 0.717) is 18.5 Å². The molecule has 178 valence electrons. The topological polar surface area (TPSA) is 66.7 Å². The Morgan fingerprint density at radius 2 is 1.85 bits per heavy atom. The molecule has 8 nitrogen and oxygen atoms in total. The van der Waals surface area contributed by atoms with E-state index in [1.54, 1.807) is 39.8 Å². The van der Waals surface area contributed by atoms with Crippen LogP contribution in [0.3, 0.4) is 0 Å². The third kappa shape index (κ3) is 4.13. The van der Waals surface area contributed by atoms with Crippen LogP contribution in [-0.2, 0) is 16.1 Å². The first-order valence-corrected chi connectivity index (χ1v) is 12.2. The van der Waals surface area contributed by atoms with Crippen LogP contribution in [0.1, 0.15) is 24.8 Å². The van der Waals surface area contributed by atoms with Gasteiger partial charge in [0.25, 0.3) is 5.88 Å². The third-order valence-electron chi connectivity index (χ3n) is 6.41. The standard InChI is InChI=1S/C24H31N3O5S/c1-28-12-16-9-19(29-2)21(20(10-16)30-3)18-14-33-24-22(23(31-4)25-27(18)24)26(11-15-5-6-15)17-7-8-32-13-17/h9-10,14-15,17H,5-8,11-13H2,1-4H3. The number of hydrogen-bond acceptors (Lipinski definition) is 8. The van der Waals surface area contributed by atoms with Gasteiger partial charge in [0.05, 0.1) is 51.8 Å². The van der Waals surface area contributed by atoms with Crippen molar-refractivity contribution in [2.75, 3.05) is 53.1 Å². The van der Waals surface area contributed by atoms with Crippen LogP contribution < -0.4 is 19.1 Å². The summed E-state index contributed by atoms with van der Waals surface area (Å²) in [5.74, 6) is 2.81. The van der Waals surface area contributed by atoms with Crippen LogP contribution in [0.4, 0.5) is 5.69 Å². The molecule has 5 rings (SSSR count). The van der Waals surface area contributed by atoms with Gasteiger partial charge in [-0.3, -0.25) is 0 Å². The fourth-order valence-corrected chi connectivity index (χ4v) is 5.59. The van der Waals surface area contributed by atoms with E-state index in [0.717, 1.165) is 70.9 Å². The Morgan fingerprint density at radius 1 is 1.09 bits per heavy atom. The van der Waals surface area contributed by atoms with Gasteiger partial charge in [-0.2, -0.15) is 0 Å². The molecule has 0 N–H and O–H groups in total. The Morgan fingerprint density at radius 3 is 2.42 bits per heavy atom. The summed E-state index contributed by atoms with van der Waals surface area (Å²) in [6.07, 6.45) is 3.59. The molecule has 0 spiro atoms. The normalized spacial score (nSPS) is 18.1. The van der Waals surface area contributed by atoms with E-state index in [9.17, 15) is 0 Å². The second-order valence-corrected chi connectivity index (χ2v) is 9.48. The number of nitrogens with zero attached hydrogens (tertiary/aromatic N) is 3. The maximum atomic E-state index is 5.80. The number of hydrogen-bond donors (Lipinski definition) is 0. The first-order chi connectivity index (χ1) is 16.2. The molecule has 1 saturated carbocycles. The van der Waals surface area contributed by atoms with Crippen molar-refractivity contribution in [2.45, 2.75) is 31.9 Å². The zero-order valence-electron chi connectivity index (χ0n) is 19.6. The number of ether oxygens (including phenoxy) is 5. The van der Waals surface area contributed by atoms with Crippen LogP contribution in [-0.4, -0.2) is 63.9 Å². The summed E-state index contributed by atoms with van der Waals surface area (Å²) in [6.45, 7) is 3.03. The number of thiazole rings is 1. The molecule has 9 heteroatoms. The van der Waals surface area contributed by atoms with Crippen LogP contribution in [0.2, 0.25) is 0 Å². The molecule has 1 atom stereocenters. The molecule has 1 saturated heterocycles. The highest BCUT2D eigenvalue weighted by molar-refractivity contribution is 7.16. The molecule has 33 heavy (non-hydrogen) atoms. The molecule has 1 aliphatic heterocycles. The van der Waals surface area contributed by atoms with Crippen LogP contribution in [0.25, 0.3) is 16.1 Å². The van der Waals surface area contributed by atoms with Gasteiger partial charge in [-0.1, -0.05) is 0 Å². The van der Waals surface area contributed by atoms with E-state index < -0.39 is 0 Å². The second kappa shape index (κ2) is 9.40. The van der Waals surface area contributed by atoms with Crippen molar-refractivity contribution in [3.05, 3.63) is 23.1 Å².